The Bertz CT molecular complexity index is 541. The van der Waals surface area contributed by atoms with Crippen LogP contribution < -0.4 is 0 Å². The molecule has 0 spiro atoms. The highest BCUT2D eigenvalue weighted by atomic mass is 35.5. The SMILES string of the molecule is CC(C)(C)c1nn(-c2ccncc2)c(Cl)c1CCl. The minimum Gasteiger partial charge on any atom is -0.265 e. The third kappa shape index (κ3) is 2.38. The van der Waals surface area contributed by atoms with Crippen LogP contribution in [0.2, 0.25) is 5.15 Å². The summed E-state index contributed by atoms with van der Waals surface area (Å²) in [7, 11) is 0. The van der Waals surface area contributed by atoms with E-state index in [1.807, 2.05) is 12.1 Å². The molecule has 3 nitrogen and oxygen atoms in total. The van der Waals surface area contributed by atoms with E-state index in [0.717, 1.165) is 16.9 Å². The van der Waals surface area contributed by atoms with E-state index in [4.69, 9.17) is 23.2 Å². The lowest BCUT2D eigenvalue weighted by atomic mass is 9.90. The summed E-state index contributed by atoms with van der Waals surface area (Å²) in [5.41, 5.74) is 2.62. The molecular weight excluding hydrogens is 269 g/mol. The van der Waals surface area contributed by atoms with Gasteiger partial charge in [-0.25, -0.2) is 4.68 Å². The number of rotatable bonds is 2. The van der Waals surface area contributed by atoms with Crippen molar-refractivity contribution in [2.24, 2.45) is 0 Å². The maximum Gasteiger partial charge on any atom is 0.137 e. The van der Waals surface area contributed by atoms with Crippen LogP contribution in [0.15, 0.2) is 24.5 Å². The smallest absolute Gasteiger partial charge is 0.137 e. The number of hydrogen-bond acceptors (Lipinski definition) is 2. The Labute approximate surface area is 117 Å². The lowest BCUT2D eigenvalue weighted by Crippen LogP contribution is -2.14. The molecule has 18 heavy (non-hydrogen) atoms. The van der Waals surface area contributed by atoms with Gasteiger partial charge in [-0.3, -0.25) is 4.98 Å². The largest absolute Gasteiger partial charge is 0.265 e. The van der Waals surface area contributed by atoms with Gasteiger partial charge < -0.3 is 0 Å². The summed E-state index contributed by atoms with van der Waals surface area (Å²) in [6, 6.07) is 3.73. The lowest BCUT2D eigenvalue weighted by Gasteiger charge is -2.16. The summed E-state index contributed by atoms with van der Waals surface area (Å²) >= 11 is 12.4. The van der Waals surface area contributed by atoms with Gasteiger partial charge >= 0.3 is 0 Å². The molecule has 0 aromatic carbocycles. The van der Waals surface area contributed by atoms with Gasteiger partial charge in [0.25, 0.3) is 0 Å². The predicted molar refractivity (Wildman–Crippen MR) is 74.6 cm³/mol. The molecule has 0 aliphatic carbocycles. The molecule has 0 saturated heterocycles. The molecule has 0 radical (unpaired) electrons. The minimum absolute atomic E-state index is 0.0911. The molecule has 0 amide bonds. The Morgan fingerprint density at radius 3 is 2.28 bits per heavy atom. The fourth-order valence-electron chi connectivity index (χ4n) is 1.81. The average molecular weight is 284 g/mol. The first-order chi connectivity index (χ1) is 8.45. The van der Waals surface area contributed by atoms with Crippen LogP contribution in [-0.4, -0.2) is 14.8 Å². The van der Waals surface area contributed by atoms with E-state index in [2.05, 4.69) is 30.9 Å². The van der Waals surface area contributed by atoms with E-state index in [0.29, 0.717) is 11.0 Å². The molecule has 0 bridgehead atoms. The molecule has 0 unspecified atom stereocenters. The Morgan fingerprint density at radius 2 is 1.83 bits per heavy atom. The van der Waals surface area contributed by atoms with Gasteiger partial charge in [0.1, 0.15) is 5.15 Å². The van der Waals surface area contributed by atoms with E-state index in [1.54, 1.807) is 17.1 Å². The fourth-order valence-corrected chi connectivity index (χ4v) is 2.42. The molecule has 0 atom stereocenters. The van der Waals surface area contributed by atoms with Crippen LogP contribution in [0.4, 0.5) is 0 Å². The number of aromatic nitrogens is 3. The molecule has 0 saturated carbocycles. The van der Waals surface area contributed by atoms with Gasteiger partial charge in [0.2, 0.25) is 0 Å². The summed E-state index contributed by atoms with van der Waals surface area (Å²) in [5.74, 6) is 0.358. The number of nitrogens with zero attached hydrogens (tertiary/aromatic N) is 3. The van der Waals surface area contributed by atoms with Gasteiger partial charge in [-0.2, -0.15) is 5.10 Å². The van der Waals surface area contributed by atoms with Gasteiger partial charge in [-0.05, 0) is 12.1 Å². The van der Waals surface area contributed by atoms with Crippen molar-refractivity contribution in [1.29, 1.82) is 0 Å². The highest BCUT2D eigenvalue weighted by molar-refractivity contribution is 6.31. The second-order valence-corrected chi connectivity index (χ2v) is 5.74. The molecule has 2 rings (SSSR count). The van der Waals surface area contributed by atoms with Crippen molar-refractivity contribution in [3.8, 4) is 5.69 Å². The third-order valence-electron chi connectivity index (χ3n) is 2.67. The Balaban J connectivity index is 2.61. The monoisotopic (exact) mass is 283 g/mol. The number of pyridine rings is 1. The van der Waals surface area contributed by atoms with Crippen LogP contribution in [0, 0.1) is 0 Å². The van der Waals surface area contributed by atoms with Gasteiger partial charge in [0, 0.05) is 23.4 Å². The zero-order chi connectivity index (χ0) is 13.3. The molecule has 2 aromatic rings. The topological polar surface area (TPSA) is 30.7 Å². The van der Waals surface area contributed by atoms with Crippen molar-refractivity contribution in [2.45, 2.75) is 32.1 Å². The molecule has 0 fully saturated rings. The summed E-state index contributed by atoms with van der Waals surface area (Å²) in [6.07, 6.45) is 3.43. The summed E-state index contributed by atoms with van der Waals surface area (Å²) in [6.45, 7) is 6.29. The number of hydrogen-bond donors (Lipinski definition) is 0. The zero-order valence-electron chi connectivity index (χ0n) is 10.6. The average Bonchev–Trinajstić information content (AvgIpc) is 2.67. The number of alkyl halides is 1. The van der Waals surface area contributed by atoms with Crippen LogP contribution in [0.5, 0.6) is 0 Å². The van der Waals surface area contributed by atoms with Gasteiger partial charge in [-0.15, -0.1) is 11.6 Å². The lowest BCUT2D eigenvalue weighted by molar-refractivity contribution is 0.556. The van der Waals surface area contributed by atoms with Crippen LogP contribution in [0.3, 0.4) is 0 Å². The maximum absolute atomic E-state index is 6.37. The van der Waals surface area contributed by atoms with E-state index in [1.165, 1.54) is 0 Å². The van der Waals surface area contributed by atoms with Crippen LogP contribution in [0.1, 0.15) is 32.0 Å². The highest BCUT2D eigenvalue weighted by Gasteiger charge is 2.25. The zero-order valence-corrected chi connectivity index (χ0v) is 12.1. The standard InChI is InChI=1S/C13H15Cl2N3/c1-13(2,3)11-10(8-14)12(15)18(17-11)9-4-6-16-7-5-9/h4-7H,8H2,1-3H3. The van der Waals surface area contributed by atoms with E-state index in [9.17, 15) is 0 Å². The quantitative estimate of drug-likeness (QED) is 0.781. The normalized spacial score (nSPS) is 11.8. The summed E-state index contributed by atoms with van der Waals surface area (Å²) in [5, 5.41) is 5.17. The minimum atomic E-state index is -0.0911. The first-order valence-electron chi connectivity index (χ1n) is 5.69. The van der Waals surface area contributed by atoms with E-state index in [-0.39, 0.29) is 5.41 Å². The van der Waals surface area contributed by atoms with Crippen LogP contribution in [-0.2, 0) is 11.3 Å². The van der Waals surface area contributed by atoms with Gasteiger partial charge in [0.15, 0.2) is 0 Å². The van der Waals surface area contributed by atoms with E-state index >= 15 is 0 Å². The highest BCUT2D eigenvalue weighted by Crippen LogP contribution is 2.32. The fraction of sp³-hybridized carbons (Fsp3) is 0.385. The van der Waals surface area contributed by atoms with Crippen LogP contribution in [0.25, 0.3) is 5.69 Å². The van der Waals surface area contributed by atoms with E-state index < -0.39 is 0 Å². The summed E-state index contributed by atoms with van der Waals surface area (Å²) in [4.78, 5) is 3.99. The molecule has 2 aromatic heterocycles. The second kappa shape index (κ2) is 4.90. The first kappa shape index (κ1) is 13.4. The van der Waals surface area contributed by atoms with Gasteiger partial charge in [0.05, 0.1) is 17.3 Å². The molecule has 0 aliphatic heterocycles. The van der Waals surface area contributed by atoms with Crippen molar-refractivity contribution < 1.29 is 0 Å². The van der Waals surface area contributed by atoms with Crippen LogP contribution >= 0.6 is 23.2 Å². The van der Waals surface area contributed by atoms with Crippen molar-refractivity contribution in [3.05, 3.63) is 40.9 Å². The van der Waals surface area contributed by atoms with Crippen molar-refractivity contribution in [2.75, 3.05) is 0 Å². The summed E-state index contributed by atoms with van der Waals surface area (Å²) < 4.78 is 1.71. The molecule has 2 heterocycles. The predicted octanol–water partition coefficient (Wildman–Crippen LogP) is 3.96. The first-order valence-corrected chi connectivity index (χ1v) is 6.60. The third-order valence-corrected chi connectivity index (χ3v) is 3.33. The molecule has 0 aliphatic rings. The second-order valence-electron chi connectivity index (χ2n) is 5.12. The molecular formula is C13H15Cl2N3. The molecule has 0 N–H and O–H groups in total. The Kier molecular flexibility index (Phi) is 3.64. The van der Waals surface area contributed by atoms with Gasteiger partial charge in [-0.1, -0.05) is 32.4 Å². The molecule has 5 heteroatoms. The van der Waals surface area contributed by atoms with Crippen molar-refractivity contribution >= 4 is 23.2 Å². The van der Waals surface area contributed by atoms with Crippen molar-refractivity contribution in [1.82, 2.24) is 14.8 Å². The maximum atomic E-state index is 6.37. The Hall–Kier alpha value is -1.06. The molecule has 96 valence electrons. The van der Waals surface area contributed by atoms with Crippen molar-refractivity contribution in [3.63, 3.8) is 0 Å². The number of halogens is 2. The Morgan fingerprint density at radius 1 is 1.22 bits per heavy atom.